The zero-order valence-corrected chi connectivity index (χ0v) is 14.8. The smallest absolute Gasteiger partial charge is 0.139 e. The van der Waals surface area contributed by atoms with Gasteiger partial charge in [0.2, 0.25) is 0 Å². The second-order valence-corrected chi connectivity index (χ2v) is 6.52. The lowest BCUT2D eigenvalue weighted by Crippen LogP contribution is -2.03. The fourth-order valence-corrected chi connectivity index (χ4v) is 3.09. The minimum absolute atomic E-state index is 0.519. The van der Waals surface area contributed by atoms with Gasteiger partial charge in [-0.25, -0.2) is 4.98 Å². The Hall–Kier alpha value is -2.49. The van der Waals surface area contributed by atoms with Crippen LogP contribution in [-0.2, 0) is 6.54 Å². The molecule has 0 aliphatic heterocycles. The van der Waals surface area contributed by atoms with E-state index in [1.54, 1.807) is 6.07 Å². The van der Waals surface area contributed by atoms with E-state index in [9.17, 15) is 0 Å². The van der Waals surface area contributed by atoms with Crippen LogP contribution < -0.4 is 5.32 Å². The number of pyridine rings is 1. The van der Waals surface area contributed by atoms with Gasteiger partial charge in [-0.2, -0.15) is 0 Å². The third-order valence-electron chi connectivity index (χ3n) is 4.03. The van der Waals surface area contributed by atoms with Crippen molar-refractivity contribution in [3.05, 3.63) is 88.5 Å². The van der Waals surface area contributed by atoms with Crippen molar-refractivity contribution in [1.29, 1.82) is 0 Å². The van der Waals surface area contributed by atoms with Crippen molar-refractivity contribution in [3.63, 3.8) is 0 Å². The molecule has 0 radical (unpaired) electrons. The molecule has 0 bridgehead atoms. The maximum Gasteiger partial charge on any atom is 0.139 e. The van der Waals surface area contributed by atoms with E-state index in [1.807, 2.05) is 59.1 Å². The minimum atomic E-state index is 0.519. The molecule has 0 spiro atoms. The van der Waals surface area contributed by atoms with E-state index in [0.717, 1.165) is 22.7 Å². The number of fused-ring (bicyclic) bond motifs is 1. The predicted octanol–water partition coefficient (Wildman–Crippen LogP) is 5.92. The largest absolute Gasteiger partial charge is 0.365 e. The molecule has 0 fully saturated rings. The molecule has 0 atom stereocenters. The quantitative estimate of drug-likeness (QED) is 0.484. The van der Waals surface area contributed by atoms with Crippen molar-refractivity contribution < 1.29 is 0 Å². The first kappa shape index (κ1) is 16.0. The number of hydrogen-bond donors (Lipinski definition) is 1. The molecule has 0 aliphatic rings. The summed E-state index contributed by atoms with van der Waals surface area (Å²) in [7, 11) is 0. The van der Waals surface area contributed by atoms with E-state index < -0.39 is 0 Å². The molecule has 4 rings (SSSR count). The number of nitrogens with zero attached hydrogens (tertiary/aromatic N) is 2. The molecule has 1 N–H and O–H groups in total. The lowest BCUT2D eigenvalue weighted by molar-refractivity contribution is 1.08. The third-order valence-corrected chi connectivity index (χ3v) is 4.76. The van der Waals surface area contributed by atoms with Crippen LogP contribution >= 0.6 is 23.2 Å². The topological polar surface area (TPSA) is 29.3 Å². The normalized spacial score (nSPS) is 11.0. The van der Waals surface area contributed by atoms with E-state index >= 15 is 0 Å². The monoisotopic (exact) mass is 367 g/mol. The van der Waals surface area contributed by atoms with Gasteiger partial charge in [-0.05, 0) is 29.8 Å². The van der Waals surface area contributed by atoms with E-state index in [2.05, 4.69) is 17.4 Å². The molecular formula is C20H15Cl2N3. The number of benzene rings is 2. The van der Waals surface area contributed by atoms with Gasteiger partial charge < -0.3 is 5.32 Å². The highest BCUT2D eigenvalue weighted by molar-refractivity contribution is 6.42. The molecule has 2 aromatic heterocycles. The van der Waals surface area contributed by atoms with Crippen molar-refractivity contribution in [2.75, 3.05) is 5.32 Å². The summed E-state index contributed by atoms with van der Waals surface area (Å²) in [6.07, 6.45) is 2.00. The van der Waals surface area contributed by atoms with Gasteiger partial charge >= 0.3 is 0 Å². The van der Waals surface area contributed by atoms with Crippen LogP contribution in [0.1, 0.15) is 5.56 Å². The first-order chi connectivity index (χ1) is 12.2. The van der Waals surface area contributed by atoms with Gasteiger partial charge in [0.15, 0.2) is 0 Å². The average molecular weight is 368 g/mol. The first-order valence-electron chi connectivity index (χ1n) is 7.93. The maximum atomic E-state index is 6.20. The van der Waals surface area contributed by atoms with Gasteiger partial charge in [0.25, 0.3) is 0 Å². The van der Waals surface area contributed by atoms with E-state index in [1.165, 1.54) is 5.56 Å². The van der Waals surface area contributed by atoms with Gasteiger partial charge in [-0.15, -0.1) is 0 Å². The fraction of sp³-hybridized carbons (Fsp3) is 0.0500. The first-order valence-corrected chi connectivity index (χ1v) is 8.68. The standard InChI is InChI=1S/C20H15Cl2N3/c21-16-10-9-15(12-17(16)22)19-20(23-13-14-6-2-1-3-7-14)25-11-5-4-8-18(25)24-19/h1-12,23H,13H2. The van der Waals surface area contributed by atoms with E-state index in [4.69, 9.17) is 28.2 Å². The average Bonchev–Trinajstić information content (AvgIpc) is 3.02. The maximum absolute atomic E-state index is 6.20. The highest BCUT2D eigenvalue weighted by Crippen LogP contribution is 2.33. The molecule has 0 saturated carbocycles. The highest BCUT2D eigenvalue weighted by atomic mass is 35.5. The summed E-state index contributed by atoms with van der Waals surface area (Å²) < 4.78 is 2.04. The van der Waals surface area contributed by atoms with Crippen molar-refractivity contribution in [1.82, 2.24) is 9.38 Å². The SMILES string of the molecule is Clc1ccc(-c2nc3ccccn3c2NCc2ccccc2)cc1Cl. The van der Waals surface area contributed by atoms with Crippen LogP contribution in [-0.4, -0.2) is 9.38 Å². The molecule has 0 aliphatic carbocycles. The summed E-state index contributed by atoms with van der Waals surface area (Å²) in [5, 5.41) is 4.56. The number of imidazole rings is 1. The zero-order valence-electron chi connectivity index (χ0n) is 13.3. The van der Waals surface area contributed by atoms with Gasteiger partial charge in [-0.1, -0.05) is 65.7 Å². The van der Waals surface area contributed by atoms with Crippen LogP contribution in [0.4, 0.5) is 5.82 Å². The summed E-state index contributed by atoms with van der Waals surface area (Å²) in [5.74, 6) is 0.929. The van der Waals surface area contributed by atoms with Crippen molar-refractivity contribution in [3.8, 4) is 11.3 Å². The molecule has 0 unspecified atom stereocenters. The predicted molar refractivity (Wildman–Crippen MR) is 104 cm³/mol. The molecule has 3 nitrogen and oxygen atoms in total. The number of hydrogen-bond acceptors (Lipinski definition) is 2. The van der Waals surface area contributed by atoms with Crippen LogP contribution in [0.3, 0.4) is 0 Å². The number of anilines is 1. The third kappa shape index (κ3) is 3.21. The molecule has 5 heteroatoms. The fourth-order valence-electron chi connectivity index (χ4n) is 2.79. The molecule has 2 heterocycles. The molecule has 124 valence electrons. The summed E-state index contributed by atoms with van der Waals surface area (Å²) >= 11 is 12.3. The molecule has 0 amide bonds. The summed E-state index contributed by atoms with van der Waals surface area (Å²) in [4.78, 5) is 4.76. The van der Waals surface area contributed by atoms with Gasteiger partial charge in [0.05, 0.1) is 10.0 Å². The van der Waals surface area contributed by atoms with E-state index in [-0.39, 0.29) is 0 Å². The molecule has 2 aromatic carbocycles. The lowest BCUT2D eigenvalue weighted by atomic mass is 10.1. The van der Waals surface area contributed by atoms with Crippen LogP contribution in [0, 0.1) is 0 Å². The molecular weight excluding hydrogens is 353 g/mol. The Morgan fingerprint density at radius 1 is 0.880 bits per heavy atom. The molecule has 4 aromatic rings. The minimum Gasteiger partial charge on any atom is -0.365 e. The number of halogens is 2. The lowest BCUT2D eigenvalue weighted by Gasteiger charge is -2.09. The van der Waals surface area contributed by atoms with Crippen molar-refractivity contribution in [2.45, 2.75) is 6.54 Å². The second kappa shape index (κ2) is 6.79. The summed E-state index contributed by atoms with van der Waals surface area (Å²) in [5.41, 5.74) is 3.85. The van der Waals surface area contributed by atoms with Gasteiger partial charge in [-0.3, -0.25) is 4.40 Å². The summed E-state index contributed by atoms with van der Waals surface area (Å²) in [6.45, 7) is 0.706. The Labute approximate surface area is 155 Å². The van der Waals surface area contributed by atoms with Crippen molar-refractivity contribution >= 4 is 34.7 Å². The Kier molecular flexibility index (Phi) is 4.35. The number of rotatable bonds is 4. The Bertz CT molecular complexity index is 1030. The Morgan fingerprint density at radius 2 is 1.68 bits per heavy atom. The van der Waals surface area contributed by atoms with Crippen LogP contribution in [0.25, 0.3) is 16.9 Å². The zero-order chi connectivity index (χ0) is 17.2. The van der Waals surface area contributed by atoms with Crippen LogP contribution in [0.2, 0.25) is 10.0 Å². The van der Waals surface area contributed by atoms with Crippen LogP contribution in [0.5, 0.6) is 0 Å². The highest BCUT2D eigenvalue weighted by Gasteiger charge is 2.14. The van der Waals surface area contributed by atoms with E-state index in [0.29, 0.717) is 16.6 Å². The van der Waals surface area contributed by atoms with Gasteiger partial charge in [0, 0.05) is 18.3 Å². The summed E-state index contributed by atoms with van der Waals surface area (Å²) in [6, 6.07) is 21.8. The Balaban J connectivity index is 1.79. The second-order valence-electron chi connectivity index (χ2n) is 5.71. The molecule has 25 heavy (non-hydrogen) atoms. The Morgan fingerprint density at radius 3 is 2.48 bits per heavy atom. The number of nitrogens with one attached hydrogen (secondary N) is 1. The van der Waals surface area contributed by atoms with Crippen molar-refractivity contribution in [2.24, 2.45) is 0 Å². The van der Waals surface area contributed by atoms with Crippen LogP contribution in [0.15, 0.2) is 72.9 Å². The van der Waals surface area contributed by atoms with Gasteiger partial charge in [0.1, 0.15) is 17.2 Å². The molecule has 0 saturated heterocycles. The number of aromatic nitrogens is 2.